The Balaban J connectivity index is 1.68. The van der Waals surface area contributed by atoms with Crippen LogP contribution in [0.3, 0.4) is 0 Å². The van der Waals surface area contributed by atoms with E-state index in [-0.39, 0.29) is 39.1 Å². The molecule has 0 aromatic heterocycles. The number of benzene rings is 3. The molecule has 0 fully saturated rings. The SMILES string of the molecule is O=C(Nc1ccc([N+](=O)[O-])cc1Br)[C@@H](Cc1ccc([N+](=O)[O-])cc1)N1C(=O)c2ccccc2C1=O. The highest BCUT2D eigenvalue weighted by molar-refractivity contribution is 9.10. The van der Waals surface area contributed by atoms with Crippen molar-refractivity contribution in [3.8, 4) is 0 Å². The number of nitrogens with zero attached hydrogens (tertiary/aromatic N) is 3. The Hall–Kier alpha value is -4.45. The molecule has 3 aromatic carbocycles. The standard InChI is InChI=1S/C23H15BrN4O7/c24-18-12-15(28(34)35)9-10-19(18)25-21(29)20(11-13-5-7-14(8-6-13)27(32)33)26-22(30)16-3-1-2-4-17(16)23(26)31/h1-10,12,20H,11H2,(H,25,29)/t20-/m1/s1. The molecular weight excluding hydrogens is 524 g/mol. The fourth-order valence-corrected chi connectivity index (χ4v) is 4.17. The number of nitro benzene ring substituents is 2. The lowest BCUT2D eigenvalue weighted by Crippen LogP contribution is -2.48. The minimum absolute atomic E-state index is 0.111. The summed E-state index contributed by atoms with van der Waals surface area (Å²) in [7, 11) is 0. The molecule has 3 amide bonds. The van der Waals surface area contributed by atoms with E-state index in [1.807, 2.05) is 0 Å². The number of non-ortho nitro benzene ring substituents is 2. The number of fused-ring (bicyclic) bond motifs is 1. The summed E-state index contributed by atoms with van der Waals surface area (Å²) < 4.78 is 0.233. The number of carbonyl (C=O) groups is 3. The van der Waals surface area contributed by atoms with Crippen molar-refractivity contribution in [3.05, 3.63) is 108 Å². The third kappa shape index (κ3) is 4.64. The zero-order valence-corrected chi connectivity index (χ0v) is 19.3. The zero-order chi connectivity index (χ0) is 25.3. The number of halogens is 1. The van der Waals surface area contributed by atoms with Crippen LogP contribution in [0.4, 0.5) is 17.1 Å². The van der Waals surface area contributed by atoms with Crippen LogP contribution in [-0.2, 0) is 11.2 Å². The van der Waals surface area contributed by atoms with Gasteiger partial charge in [-0.1, -0.05) is 24.3 Å². The smallest absolute Gasteiger partial charge is 0.270 e. The first-order chi connectivity index (χ1) is 16.7. The van der Waals surface area contributed by atoms with Crippen LogP contribution >= 0.6 is 15.9 Å². The predicted molar refractivity (Wildman–Crippen MR) is 127 cm³/mol. The molecule has 0 saturated heterocycles. The van der Waals surface area contributed by atoms with Crippen molar-refractivity contribution < 1.29 is 24.2 Å². The predicted octanol–water partition coefficient (Wildman–Crippen LogP) is 4.11. The number of nitrogens with one attached hydrogen (secondary N) is 1. The first kappa shape index (κ1) is 23.7. The van der Waals surface area contributed by atoms with Crippen LogP contribution in [0.5, 0.6) is 0 Å². The molecule has 1 heterocycles. The van der Waals surface area contributed by atoms with E-state index >= 15 is 0 Å². The minimum Gasteiger partial charge on any atom is -0.323 e. The monoisotopic (exact) mass is 538 g/mol. The average Bonchev–Trinajstić information content (AvgIpc) is 3.09. The van der Waals surface area contributed by atoms with Gasteiger partial charge in [0.2, 0.25) is 5.91 Å². The molecule has 0 aliphatic carbocycles. The largest absolute Gasteiger partial charge is 0.323 e. The van der Waals surface area contributed by atoms with Crippen molar-refractivity contribution in [2.24, 2.45) is 0 Å². The van der Waals surface area contributed by atoms with Gasteiger partial charge in [-0.2, -0.15) is 0 Å². The highest BCUT2D eigenvalue weighted by atomic mass is 79.9. The second kappa shape index (κ2) is 9.43. The van der Waals surface area contributed by atoms with Crippen LogP contribution in [0.25, 0.3) is 0 Å². The molecule has 0 saturated carbocycles. The van der Waals surface area contributed by atoms with Crippen LogP contribution in [-0.4, -0.2) is 38.5 Å². The number of nitro groups is 2. The Morgan fingerprint density at radius 2 is 1.43 bits per heavy atom. The molecule has 176 valence electrons. The van der Waals surface area contributed by atoms with E-state index in [0.717, 1.165) is 4.90 Å². The molecule has 1 aliphatic heterocycles. The summed E-state index contributed by atoms with van der Waals surface area (Å²) in [5.74, 6) is -2.00. The van der Waals surface area contributed by atoms with Gasteiger partial charge in [0.15, 0.2) is 0 Å². The Labute approximate surface area is 205 Å². The third-order valence-electron chi connectivity index (χ3n) is 5.44. The lowest BCUT2D eigenvalue weighted by Gasteiger charge is -2.25. The zero-order valence-electron chi connectivity index (χ0n) is 17.7. The first-order valence-electron chi connectivity index (χ1n) is 10.1. The normalized spacial score (nSPS) is 13.3. The number of amides is 3. The van der Waals surface area contributed by atoms with Crippen molar-refractivity contribution >= 4 is 50.7 Å². The van der Waals surface area contributed by atoms with Gasteiger partial charge >= 0.3 is 0 Å². The van der Waals surface area contributed by atoms with Gasteiger partial charge in [-0.25, -0.2) is 0 Å². The molecule has 0 unspecified atom stereocenters. The summed E-state index contributed by atoms with van der Waals surface area (Å²) in [4.78, 5) is 61.2. The molecule has 1 atom stereocenters. The maximum atomic E-state index is 13.4. The molecule has 35 heavy (non-hydrogen) atoms. The Morgan fingerprint density at radius 3 is 1.94 bits per heavy atom. The summed E-state index contributed by atoms with van der Waals surface area (Å²) in [5, 5.41) is 24.6. The number of anilines is 1. The first-order valence-corrected chi connectivity index (χ1v) is 10.9. The van der Waals surface area contributed by atoms with Gasteiger partial charge in [0.1, 0.15) is 6.04 Å². The summed E-state index contributed by atoms with van der Waals surface area (Å²) in [5.41, 5.74) is 0.662. The Bertz CT molecular complexity index is 1360. The van der Waals surface area contributed by atoms with Crippen molar-refractivity contribution in [3.63, 3.8) is 0 Å². The molecule has 4 rings (SSSR count). The third-order valence-corrected chi connectivity index (χ3v) is 6.09. The van der Waals surface area contributed by atoms with Crippen molar-refractivity contribution in [2.75, 3.05) is 5.32 Å². The Morgan fingerprint density at radius 1 is 0.886 bits per heavy atom. The fraction of sp³-hybridized carbons (Fsp3) is 0.0870. The summed E-state index contributed by atoms with van der Waals surface area (Å²) >= 11 is 3.18. The highest BCUT2D eigenvalue weighted by Gasteiger charge is 2.42. The number of hydrogen-bond donors (Lipinski definition) is 1. The van der Waals surface area contributed by atoms with E-state index in [1.165, 1.54) is 54.6 Å². The molecule has 3 aromatic rings. The molecule has 1 aliphatic rings. The lowest BCUT2D eigenvalue weighted by molar-refractivity contribution is -0.385. The quantitative estimate of drug-likeness (QED) is 0.269. The summed E-state index contributed by atoms with van der Waals surface area (Å²) in [6.07, 6.45) is -0.111. The molecular formula is C23H15BrN4O7. The Kier molecular flexibility index (Phi) is 6.38. The second-order valence-electron chi connectivity index (χ2n) is 7.58. The molecule has 1 N–H and O–H groups in total. The van der Waals surface area contributed by atoms with Gasteiger partial charge in [-0.3, -0.25) is 39.5 Å². The molecule has 0 bridgehead atoms. The minimum atomic E-state index is -1.30. The van der Waals surface area contributed by atoms with E-state index in [2.05, 4.69) is 21.2 Å². The van der Waals surface area contributed by atoms with Crippen molar-refractivity contribution in [1.82, 2.24) is 4.90 Å². The number of imide groups is 1. The molecule has 11 nitrogen and oxygen atoms in total. The van der Waals surface area contributed by atoms with Crippen molar-refractivity contribution in [1.29, 1.82) is 0 Å². The lowest BCUT2D eigenvalue weighted by atomic mass is 10.0. The van der Waals surface area contributed by atoms with Gasteiger partial charge in [0.05, 0.1) is 26.7 Å². The second-order valence-corrected chi connectivity index (χ2v) is 8.43. The van der Waals surface area contributed by atoms with Gasteiger partial charge in [-0.05, 0) is 39.7 Å². The number of carbonyl (C=O) groups excluding carboxylic acids is 3. The summed E-state index contributed by atoms with van der Waals surface area (Å²) in [6, 6.07) is 14.0. The average molecular weight is 539 g/mol. The van der Waals surface area contributed by atoms with E-state index in [0.29, 0.717) is 5.56 Å². The maximum absolute atomic E-state index is 13.4. The van der Waals surface area contributed by atoms with Crippen LogP contribution in [0, 0.1) is 20.2 Å². The van der Waals surface area contributed by atoms with Gasteiger partial charge < -0.3 is 5.32 Å². The summed E-state index contributed by atoms with van der Waals surface area (Å²) in [6.45, 7) is 0. The van der Waals surface area contributed by atoms with Crippen molar-refractivity contribution in [2.45, 2.75) is 12.5 Å². The van der Waals surface area contributed by atoms with Gasteiger partial charge in [-0.15, -0.1) is 0 Å². The highest BCUT2D eigenvalue weighted by Crippen LogP contribution is 2.30. The van der Waals surface area contributed by atoms with Crippen LogP contribution < -0.4 is 5.32 Å². The van der Waals surface area contributed by atoms with Crippen LogP contribution in [0.2, 0.25) is 0 Å². The van der Waals surface area contributed by atoms with Crippen LogP contribution in [0.15, 0.2) is 71.2 Å². The number of hydrogen-bond acceptors (Lipinski definition) is 7. The molecule has 0 spiro atoms. The number of rotatable bonds is 7. The van der Waals surface area contributed by atoms with E-state index in [9.17, 15) is 34.6 Å². The van der Waals surface area contributed by atoms with Gasteiger partial charge in [0.25, 0.3) is 23.2 Å². The van der Waals surface area contributed by atoms with Crippen LogP contribution in [0.1, 0.15) is 26.3 Å². The maximum Gasteiger partial charge on any atom is 0.270 e. The van der Waals surface area contributed by atoms with Gasteiger partial charge in [0, 0.05) is 35.2 Å². The molecule has 0 radical (unpaired) electrons. The molecule has 12 heteroatoms. The van der Waals surface area contributed by atoms with E-state index < -0.39 is 33.6 Å². The van der Waals surface area contributed by atoms with E-state index in [4.69, 9.17) is 0 Å². The van der Waals surface area contributed by atoms with E-state index in [1.54, 1.807) is 12.1 Å². The topological polar surface area (TPSA) is 153 Å². The fourth-order valence-electron chi connectivity index (χ4n) is 3.70.